The number of carbonyl (C=O) groups excluding carboxylic acids is 2. The minimum Gasteiger partial charge on any atom is -0.396 e. The number of amides is 2. The second-order valence-electron chi connectivity index (χ2n) is 12.0. The highest BCUT2D eigenvalue weighted by atomic mass is 28.4. The Labute approximate surface area is 245 Å². The Morgan fingerprint density at radius 2 is 1.86 bits per heavy atom. The molecule has 3 heterocycles. The van der Waals surface area contributed by atoms with E-state index in [0.717, 1.165) is 22.0 Å². The van der Waals surface area contributed by atoms with Crippen LogP contribution in [0, 0.1) is 5.92 Å². The second kappa shape index (κ2) is 10.8. The first kappa shape index (κ1) is 28.3. The third-order valence-corrected chi connectivity index (χ3v) is 11.3. The topological polar surface area (TPSA) is 94.7 Å². The van der Waals surface area contributed by atoms with Gasteiger partial charge in [0, 0.05) is 46.4 Å². The Bertz CT molecular complexity index is 1640. The average molecular weight is 586 g/mol. The first-order valence-corrected chi connectivity index (χ1v) is 17.4. The van der Waals surface area contributed by atoms with Gasteiger partial charge in [-0.15, -0.1) is 0 Å². The molecule has 9 heteroatoms. The van der Waals surface area contributed by atoms with Gasteiger partial charge in [-0.1, -0.05) is 55.5 Å². The summed E-state index contributed by atoms with van der Waals surface area (Å²) in [6.07, 6.45) is 1.69. The number of H-pyrrole nitrogens is 1. The maximum absolute atomic E-state index is 15.8. The van der Waals surface area contributed by atoms with Crippen molar-refractivity contribution < 1.29 is 23.5 Å². The molecule has 4 atom stereocenters. The number of carbonyl (C=O) groups is 2. The molecule has 0 radical (unpaired) electrons. The predicted octanol–water partition coefficient (Wildman–Crippen LogP) is 6.05. The molecule has 2 amide bonds. The van der Waals surface area contributed by atoms with Crippen LogP contribution in [0.5, 0.6) is 0 Å². The molecule has 2 aliphatic rings. The Hall–Kier alpha value is -3.79. The molecule has 6 rings (SSSR count). The number of ether oxygens (including phenoxy) is 1. The van der Waals surface area contributed by atoms with Crippen LogP contribution in [-0.4, -0.2) is 43.0 Å². The maximum Gasteiger partial charge on any atom is 0.264 e. The van der Waals surface area contributed by atoms with Gasteiger partial charge in [0.05, 0.1) is 24.8 Å². The van der Waals surface area contributed by atoms with Gasteiger partial charge in [0.2, 0.25) is 14.3 Å². The lowest BCUT2D eigenvalue weighted by Crippen LogP contribution is -2.45. The first-order valence-electron chi connectivity index (χ1n) is 14.5. The number of aliphatic hydroxyl groups is 1. The van der Waals surface area contributed by atoms with Crippen LogP contribution in [0.4, 0.5) is 15.5 Å². The van der Waals surface area contributed by atoms with Gasteiger partial charge in [-0.3, -0.25) is 9.59 Å². The van der Waals surface area contributed by atoms with Gasteiger partial charge in [-0.2, -0.15) is 0 Å². The number of aromatic amines is 1. The van der Waals surface area contributed by atoms with E-state index in [1.807, 2.05) is 79.9 Å². The Morgan fingerprint density at radius 3 is 2.60 bits per heavy atom. The zero-order valence-corrected chi connectivity index (χ0v) is 25.1. The Morgan fingerprint density at radius 1 is 1.12 bits per heavy atom. The van der Waals surface area contributed by atoms with Crippen molar-refractivity contribution >= 4 is 42.5 Å². The van der Waals surface area contributed by atoms with Crippen molar-refractivity contribution in [3.05, 3.63) is 95.7 Å². The van der Waals surface area contributed by atoms with Crippen LogP contribution < -0.4 is 10.2 Å². The van der Waals surface area contributed by atoms with Gasteiger partial charge in [-0.25, -0.2) is 0 Å². The molecule has 0 bridgehead atoms. The molecule has 2 aliphatic heterocycles. The summed E-state index contributed by atoms with van der Waals surface area (Å²) < 4.78 is 22.5. The highest BCUT2D eigenvalue weighted by Gasteiger charge is 2.66. The van der Waals surface area contributed by atoms with Gasteiger partial charge in [0.1, 0.15) is 0 Å². The lowest BCUT2D eigenvalue weighted by molar-refractivity contribution is -0.146. The van der Waals surface area contributed by atoms with E-state index >= 15 is 4.11 Å². The summed E-state index contributed by atoms with van der Waals surface area (Å²) in [4.78, 5) is 32.5. The first-order chi connectivity index (χ1) is 20.1. The molecule has 3 aromatic carbocycles. The van der Waals surface area contributed by atoms with Crippen molar-refractivity contribution in [2.45, 2.75) is 56.7 Å². The summed E-state index contributed by atoms with van der Waals surface area (Å²) in [6.45, 7) is 5.36. The standard InChI is InChI=1S/C33H36FN3O4Si/c1-21-31(42(2,3)34)29(15-16-38)41-33(21)26-18-24(36-30(39)17-23-19-35-27-12-8-7-11-25(23)27)13-14-28(26)37(32(33)40)20-22-9-5-4-6-10-22/h4-14,18-19,21,29,31,35,38H,15-17,20H2,1-3H3,(H,36,39)/t21-,29+,31-,33+/m0/s1. The monoisotopic (exact) mass is 585 g/mol. The number of rotatable bonds is 8. The highest BCUT2D eigenvalue weighted by Crippen LogP contribution is 2.60. The zero-order valence-electron chi connectivity index (χ0n) is 24.1. The number of aliphatic hydroxyl groups excluding tert-OH is 1. The van der Waals surface area contributed by atoms with E-state index in [9.17, 15) is 14.7 Å². The van der Waals surface area contributed by atoms with Crippen LogP contribution in [0.25, 0.3) is 10.9 Å². The molecule has 0 unspecified atom stereocenters. The van der Waals surface area contributed by atoms with E-state index < -0.39 is 31.6 Å². The number of hydrogen-bond donors (Lipinski definition) is 3. The normalized spacial score (nSPS) is 23.6. The summed E-state index contributed by atoms with van der Waals surface area (Å²) in [5.41, 5.74) is 2.77. The van der Waals surface area contributed by atoms with Crippen LogP contribution in [0.1, 0.15) is 30.0 Å². The summed E-state index contributed by atoms with van der Waals surface area (Å²) in [5.74, 6) is -0.891. The lowest BCUT2D eigenvalue weighted by atomic mass is 9.82. The molecular weight excluding hydrogens is 549 g/mol. The van der Waals surface area contributed by atoms with Crippen LogP contribution in [0.3, 0.4) is 0 Å². The lowest BCUT2D eigenvalue weighted by Gasteiger charge is -2.31. The highest BCUT2D eigenvalue weighted by molar-refractivity contribution is 6.72. The quantitative estimate of drug-likeness (QED) is 0.173. The van der Waals surface area contributed by atoms with Gasteiger partial charge in [0.15, 0.2) is 5.60 Å². The molecule has 1 saturated heterocycles. The largest absolute Gasteiger partial charge is 0.396 e. The minimum atomic E-state index is -3.31. The van der Waals surface area contributed by atoms with E-state index in [1.54, 1.807) is 24.1 Å². The summed E-state index contributed by atoms with van der Waals surface area (Å²) >= 11 is 0. The van der Waals surface area contributed by atoms with Gasteiger partial charge >= 0.3 is 0 Å². The molecule has 42 heavy (non-hydrogen) atoms. The number of anilines is 2. The number of benzene rings is 3. The minimum absolute atomic E-state index is 0.160. The number of nitrogens with one attached hydrogen (secondary N) is 2. The van der Waals surface area contributed by atoms with Crippen molar-refractivity contribution in [2.75, 3.05) is 16.8 Å². The van der Waals surface area contributed by atoms with Crippen molar-refractivity contribution in [2.24, 2.45) is 5.92 Å². The number of halogens is 1. The van der Waals surface area contributed by atoms with E-state index in [0.29, 0.717) is 23.5 Å². The molecule has 218 valence electrons. The zero-order chi connectivity index (χ0) is 29.6. The number of para-hydroxylation sites is 1. The average Bonchev–Trinajstić information content (AvgIpc) is 3.57. The summed E-state index contributed by atoms with van der Waals surface area (Å²) in [7, 11) is -3.31. The number of hydrogen-bond acceptors (Lipinski definition) is 4. The van der Waals surface area contributed by atoms with E-state index in [-0.39, 0.29) is 31.3 Å². The fourth-order valence-corrected chi connectivity index (χ4v) is 9.64. The second-order valence-corrected chi connectivity index (χ2v) is 15.8. The van der Waals surface area contributed by atoms with Crippen LogP contribution in [0.2, 0.25) is 18.6 Å². The Balaban J connectivity index is 1.37. The third kappa shape index (κ3) is 4.75. The molecular formula is C33H36FN3O4Si. The number of fused-ring (bicyclic) bond motifs is 3. The molecule has 3 N–H and O–H groups in total. The van der Waals surface area contributed by atoms with Crippen molar-refractivity contribution in [1.82, 2.24) is 4.98 Å². The molecule has 0 aliphatic carbocycles. The van der Waals surface area contributed by atoms with Crippen LogP contribution >= 0.6 is 0 Å². The third-order valence-electron chi connectivity index (χ3n) is 8.87. The molecule has 7 nitrogen and oxygen atoms in total. The SMILES string of the molecule is C[C@H]1[C@H]([Si](C)(C)F)[C@@H](CCO)O[C@]12C(=O)N(Cc1ccccc1)c1ccc(NC(=O)Cc3c[nH]c4ccccc34)cc12. The summed E-state index contributed by atoms with van der Waals surface area (Å²) in [6, 6.07) is 23.0. The molecule has 1 fully saturated rings. The smallest absolute Gasteiger partial charge is 0.264 e. The predicted molar refractivity (Wildman–Crippen MR) is 164 cm³/mol. The summed E-state index contributed by atoms with van der Waals surface area (Å²) in [5, 5.41) is 13.8. The van der Waals surface area contributed by atoms with E-state index in [2.05, 4.69) is 10.3 Å². The number of nitrogens with zero attached hydrogens (tertiary/aromatic N) is 1. The maximum atomic E-state index is 15.8. The Kier molecular flexibility index (Phi) is 7.28. The molecule has 4 aromatic rings. The molecule has 1 spiro atoms. The van der Waals surface area contributed by atoms with Crippen molar-refractivity contribution in [3.63, 3.8) is 0 Å². The van der Waals surface area contributed by atoms with Crippen molar-refractivity contribution in [3.8, 4) is 0 Å². The van der Waals surface area contributed by atoms with Crippen LogP contribution in [-0.2, 0) is 32.9 Å². The van der Waals surface area contributed by atoms with Gasteiger partial charge in [0.25, 0.3) is 5.91 Å². The van der Waals surface area contributed by atoms with Gasteiger partial charge < -0.3 is 29.2 Å². The van der Waals surface area contributed by atoms with Gasteiger partial charge in [-0.05, 0) is 54.9 Å². The fraction of sp³-hybridized carbons (Fsp3) is 0.333. The van der Waals surface area contributed by atoms with E-state index in [4.69, 9.17) is 4.74 Å². The molecule has 1 aromatic heterocycles. The number of aromatic nitrogens is 1. The van der Waals surface area contributed by atoms with Crippen molar-refractivity contribution in [1.29, 1.82) is 0 Å². The fourth-order valence-electron chi connectivity index (χ4n) is 7.10. The van der Waals surface area contributed by atoms with E-state index in [1.165, 1.54) is 0 Å². The molecule has 0 saturated carbocycles. The van der Waals surface area contributed by atoms with Crippen LogP contribution in [0.15, 0.2) is 79.0 Å².